The van der Waals surface area contributed by atoms with E-state index in [0.717, 1.165) is 12.1 Å². The zero-order valence-electron chi connectivity index (χ0n) is 13.2. The van der Waals surface area contributed by atoms with Crippen LogP contribution in [0.4, 0.5) is 5.69 Å². The third-order valence-corrected chi connectivity index (χ3v) is 3.88. The number of anilines is 1. The molecule has 0 bridgehead atoms. The second-order valence-corrected chi connectivity index (χ2v) is 5.26. The molecule has 0 unspecified atom stereocenters. The van der Waals surface area contributed by atoms with E-state index in [-0.39, 0.29) is 12.5 Å². The third kappa shape index (κ3) is 3.23. The molecular formula is C18H19NO4. The molecule has 23 heavy (non-hydrogen) atoms. The number of methoxy groups -OCH3 is 2. The first kappa shape index (κ1) is 15.2. The van der Waals surface area contributed by atoms with Gasteiger partial charge in [0.05, 0.1) is 14.2 Å². The molecule has 0 fully saturated rings. The summed E-state index contributed by atoms with van der Waals surface area (Å²) < 4.78 is 16.0. The second-order valence-electron chi connectivity index (χ2n) is 5.26. The van der Waals surface area contributed by atoms with E-state index in [0.29, 0.717) is 23.8 Å². The number of rotatable bonds is 5. The van der Waals surface area contributed by atoms with Crippen LogP contribution in [0.1, 0.15) is 5.56 Å². The van der Waals surface area contributed by atoms with Gasteiger partial charge < -0.3 is 19.1 Å². The molecule has 0 radical (unpaired) electrons. The Bertz CT molecular complexity index is 692. The Balaban J connectivity index is 1.68. The van der Waals surface area contributed by atoms with Gasteiger partial charge in [-0.2, -0.15) is 0 Å². The van der Waals surface area contributed by atoms with Crippen molar-refractivity contribution in [3.63, 3.8) is 0 Å². The average molecular weight is 313 g/mol. The van der Waals surface area contributed by atoms with E-state index in [1.807, 2.05) is 18.2 Å². The van der Waals surface area contributed by atoms with Crippen LogP contribution < -0.4 is 19.1 Å². The van der Waals surface area contributed by atoms with Crippen LogP contribution in [-0.4, -0.2) is 33.3 Å². The maximum absolute atomic E-state index is 12.4. The molecule has 120 valence electrons. The van der Waals surface area contributed by atoms with Gasteiger partial charge in [0.25, 0.3) is 5.91 Å². The van der Waals surface area contributed by atoms with Crippen LogP contribution >= 0.6 is 0 Å². The average Bonchev–Trinajstić information content (AvgIpc) is 3.03. The summed E-state index contributed by atoms with van der Waals surface area (Å²) in [5.74, 6) is 1.73. The van der Waals surface area contributed by atoms with Gasteiger partial charge >= 0.3 is 0 Å². The number of carbonyl (C=O) groups excluding carboxylic acids is 1. The van der Waals surface area contributed by atoms with E-state index in [1.165, 1.54) is 5.56 Å². The van der Waals surface area contributed by atoms with Gasteiger partial charge in [-0.15, -0.1) is 0 Å². The Labute approximate surface area is 135 Å². The number of ether oxygens (including phenoxy) is 3. The number of nitrogens with zero attached hydrogens (tertiary/aromatic N) is 1. The summed E-state index contributed by atoms with van der Waals surface area (Å²) in [4.78, 5) is 14.2. The first-order valence-electron chi connectivity index (χ1n) is 7.45. The van der Waals surface area contributed by atoms with Gasteiger partial charge in [0.15, 0.2) is 6.61 Å². The number of amides is 1. The Morgan fingerprint density at radius 3 is 2.39 bits per heavy atom. The van der Waals surface area contributed by atoms with Crippen LogP contribution in [0.3, 0.4) is 0 Å². The lowest BCUT2D eigenvalue weighted by Crippen LogP contribution is -2.33. The molecule has 0 aromatic heterocycles. The molecule has 5 nitrogen and oxygen atoms in total. The van der Waals surface area contributed by atoms with E-state index in [9.17, 15) is 4.79 Å². The van der Waals surface area contributed by atoms with Crippen molar-refractivity contribution < 1.29 is 19.0 Å². The summed E-state index contributed by atoms with van der Waals surface area (Å²) in [7, 11) is 3.15. The van der Waals surface area contributed by atoms with Gasteiger partial charge in [-0.25, -0.2) is 0 Å². The monoisotopic (exact) mass is 313 g/mol. The van der Waals surface area contributed by atoms with Crippen molar-refractivity contribution >= 4 is 11.6 Å². The fourth-order valence-corrected chi connectivity index (χ4v) is 2.68. The molecule has 0 saturated heterocycles. The summed E-state index contributed by atoms with van der Waals surface area (Å²) in [6.07, 6.45) is 0.884. The smallest absolute Gasteiger partial charge is 0.264 e. The molecule has 2 aromatic carbocycles. The molecule has 1 aliphatic heterocycles. The molecule has 0 aliphatic carbocycles. The van der Waals surface area contributed by atoms with Gasteiger partial charge in [-0.1, -0.05) is 18.2 Å². The Morgan fingerprint density at radius 1 is 1.04 bits per heavy atom. The fraction of sp³-hybridized carbons (Fsp3) is 0.278. The zero-order chi connectivity index (χ0) is 16.2. The molecule has 3 rings (SSSR count). The normalized spacial score (nSPS) is 12.7. The van der Waals surface area contributed by atoms with E-state index < -0.39 is 0 Å². The number of benzene rings is 2. The van der Waals surface area contributed by atoms with Crippen molar-refractivity contribution in [1.29, 1.82) is 0 Å². The molecular weight excluding hydrogens is 294 g/mol. The molecule has 0 N–H and O–H groups in total. The van der Waals surface area contributed by atoms with Crippen LogP contribution in [0.2, 0.25) is 0 Å². The van der Waals surface area contributed by atoms with Gasteiger partial charge in [-0.3, -0.25) is 4.79 Å². The molecule has 0 spiro atoms. The third-order valence-electron chi connectivity index (χ3n) is 3.88. The minimum absolute atomic E-state index is 0.0232. The molecule has 1 heterocycles. The predicted octanol–water partition coefficient (Wildman–Crippen LogP) is 2.67. The Kier molecular flexibility index (Phi) is 4.37. The number of fused-ring (bicyclic) bond motifs is 1. The number of hydrogen-bond acceptors (Lipinski definition) is 4. The molecule has 1 aliphatic rings. The van der Waals surface area contributed by atoms with Gasteiger partial charge in [-0.05, 0) is 18.1 Å². The van der Waals surface area contributed by atoms with E-state index >= 15 is 0 Å². The summed E-state index contributed by atoms with van der Waals surface area (Å²) in [5.41, 5.74) is 2.17. The minimum Gasteiger partial charge on any atom is -0.496 e. The van der Waals surface area contributed by atoms with Crippen LogP contribution in [0.15, 0.2) is 42.5 Å². The van der Waals surface area contributed by atoms with Gasteiger partial charge in [0.2, 0.25) is 0 Å². The lowest BCUT2D eigenvalue weighted by Gasteiger charge is -2.18. The van der Waals surface area contributed by atoms with Gasteiger partial charge in [0.1, 0.15) is 17.2 Å². The predicted molar refractivity (Wildman–Crippen MR) is 87.5 cm³/mol. The number of hydrogen-bond donors (Lipinski definition) is 0. The summed E-state index contributed by atoms with van der Waals surface area (Å²) in [6.45, 7) is 0.674. The quantitative estimate of drug-likeness (QED) is 0.851. The van der Waals surface area contributed by atoms with Gasteiger partial charge in [0, 0.05) is 30.4 Å². The Morgan fingerprint density at radius 2 is 1.70 bits per heavy atom. The lowest BCUT2D eigenvalue weighted by molar-refractivity contribution is -0.120. The standard InChI is InChI=1S/C18H19NO4/c1-21-14-9-15(22-2)11-16(10-14)23-12-18(20)19-8-7-13-5-3-4-6-17(13)19/h3-6,9-11H,7-8,12H2,1-2H3. The number of carbonyl (C=O) groups is 1. The Hall–Kier alpha value is -2.69. The SMILES string of the molecule is COc1cc(OC)cc(OCC(=O)N2CCc3ccccc32)c1. The molecule has 0 atom stereocenters. The van der Waals surface area contributed by atoms with E-state index in [2.05, 4.69) is 6.07 Å². The summed E-state index contributed by atoms with van der Waals surface area (Å²) in [6, 6.07) is 13.2. The maximum Gasteiger partial charge on any atom is 0.264 e. The lowest BCUT2D eigenvalue weighted by atomic mass is 10.2. The van der Waals surface area contributed by atoms with Crippen LogP contribution in [0, 0.1) is 0 Å². The first-order chi connectivity index (χ1) is 11.2. The number of para-hydroxylation sites is 1. The second kappa shape index (κ2) is 6.60. The van der Waals surface area contributed by atoms with Crippen molar-refractivity contribution in [2.24, 2.45) is 0 Å². The highest BCUT2D eigenvalue weighted by Gasteiger charge is 2.24. The molecule has 2 aromatic rings. The highest BCUT2D eigenvalue weighted by atomic mass is 16.5. The zero-order valence-corrected chi connectivity index (χ0v) is 13.2. The van der Waals surface area contributed by atoms with Crippen molar-refractivity contribution in [3.8, 4) is 17.2 Å². The maximum atomic E-state index is 12.4. The highest BCUT2D eigenvalue weighted by Crippen LogP contribution is 2.29. The van der Waals surface area contributed by atoms with Crippen molar-refractivity contribution in [2.45, 2.75) is 6.42 Å². The molecule has 1 amide bonds. The van der Waals surface area contributed by atoms with Crippen molar-refractivity contribution in [3.05, 3.63) is 48.0 Å². The minimum atomic E-state index is -0.0586. The van der Waals surface area contributed by atoms with Crippen LogP contribution in [-0.2, 0) is 11.2 Å². The van der Waals surface area contributed by atoms with Crippen LogP contribution in [0.5, 0.6) is 17.2 Å². The van der Waals surface area contributed by atoms with Crippen molar-refractivity contribution in [2.75, 3.05) is 32.3 Å². The van der Waals surface area contributed by atoms with E-state index in [1.54, 1.807) is 37.3 Å². The summed E-state index contributed by atoms with van der Waals surface area (Å²) in [5, 5.41) is 0. The highest BCUT2D eigenvalue weighted by molar-refractivity contribution is 5.96. The van der Waals surface area contributed by atoms with Crippen LogP contribution in [0.25, 0.3) is 0 Å². The molecule has 0 saturated carbocycles. The van der Waals surface area contributed by atoms with E-state index in [4.69, 9.17) is 14.2 Å². The topological polar surface area (TPSA) is 48.0 Å². The van der Waals surface area contributed by atoms with Crippen molar-refractivity contribution in [1.82, 2.24) is 0 Å². The fourth-order valence-electron chi connectivity index (χ4n) is 2.68. The summed E-state index contributed by atoms with van der Waals surface area (Å²) >= 11 is 0. The molecule has 5 heteroatoms. The largest absolute Gasteiger partial charge is 0.496 e. The first-order valence-corrected chi connectivity index (χ1v) is 7.45.